The Morgan fingerprint density at radius 1 is 1.40 bits per heavy atom. The predicted octanol–water partition coefficient (Wildman–Crippen LogP) is 1.53. The molecule has 1 aliphatic heterocycles. The molecule has 1 fully saturated rings. The van der Waals surface area contributed by atoms with Crippen molar-refractivity contribution in [3.63, 3.8) is 0 Å². The zero-order chi connectivity index (χ0) is 11.4. The molecule has 1 rings (SSSR count). The molecule has 2 atom stereocenters. The van der Waals surface area contributed by atoms with Gasteiger partial charge in [-0.2, -0.15) is 0 Å². The molecule has 0 radical (unpaired) electrons. The van der Waals surface area contributed by atoms with Crippen molar-refractivity contribution in [2.24, 2.45) is 5.92 Å². The summed E-state index contributed by atoms with van der Waals surface area (Å²) in [5.74, 6) is -0.785. The lowest BCUT2D eigenvalue weighted by molar-refractivity contribution is -0.144. The SMILES string of the molecule is CC(C)COC(=O)C1CCC(C(=O)O)S1. The third-order valence-electron chi connectivity index (χ3n) is 2.12. The highest BCUT2D eigenvalue weighted by Crippen LogP contribution is 2.34. The number of carbonyl (C=O) groups excluding carboxylic acids is 1. The minimum atomic E-state index is -0.834. The van der Waals surface area contributed by atoms with Gasteiger partial charge in [-0.1, -0.05) is 13.8 Å². The number of hydrogen-bond acceptors (Lipinski definition) is 4. The standard InChI is InChI=1S/C10H16O4S/c1-6(2)5-14-10(13)8-4-3-7(15-8)9(11)12/h6-8H,3-5H2,1-2H3,(H,11,12). The first-order valence-corrected chi connectivity index (χ1v) is 6.00. The highest BCUT2D eigenvalue weighted by atomic mass is 32.2. The summed E-state index contributed by atoms with van der Waals surface area (Å²) in [7, 11) is 0. The lowest BCUT2D eigenvalue weighted by atomic mass is 10.2. The fourth-order valence-corrected chi connectivity index (χ4v) is 2.57. The van der Waals surface area contributed by atoms with Crippen molar-refractivity contribution < 1.29 is 19.4 Å². The van der Waals surface area contributed by atoms with Gasteiger partial charge in [-0.3, -0.25) is 9.59 Å². The summed E-state index contributed by atoms with van der Waals surface area (Å²) in [5.41, 5.74) is 0. The zero-order valence-electron chi connectivity index (χ0n) is 8.93. The van der Waals surface area contributed by atoms with Gasteiger partial charge in [-0.15, -0.1) is 11.8 Å². The Kier molecular flexibility index (Phi) is 4.45. The van der Waals surface area contributed by atoms with E-state index in [0.29, 0.717) is 25.4 Å². The van der Waals surface area contributed by atoms with Crippen LogP contribution >= 0.6 is 11.8 Å². The molecule has 0 amide bonds. The number of rotatable bonds is 4. The van der Waals surface area contributed by atoms with Gasteiger partial charge in [0.15, 0.2) is 0 Å². The van der Waals surface area contributed by atoms with Crippen LogP contribution in [-0.2, 0) is 14.3 Å². The van der Waals surface area contributed by atoms with Crippen LogP contribution in [0.15, 0.2) is 0 Å². The minimum absolute atomic E-state index is 0.266. The molecule has 0 bridgehead atoms. The first kappa shape index (κ1) is 12.4. The van der Waals surface area contributed by atoms with E-state index in [9.17, 15) is 9.59 Å². The summed E-state index contributed by atoms with van der Waals surface area (Å²) in [5, 5.41) is 8.03. The fraction of sp³-hybridized carbons (Fsp3) is 0.800. The first-order valence-electron chi connectivity index (χ1n) is 5.05. The summed E-state index contributed by atoms with van der Waals surface area (Å²) < 4.78 is 5.06. The van der Waals surface area contributed by atoms with E-state index in [-0.39, 0.29) is 11.2 Å². The van der Waals surface area contributed by atoms with E-state index in [1.165, 1.54) is 11.8 Å². The van der Waals surface area contributed by atoms with Crippen molar-refractivity contribution in [1.29, 1.82) is 0 Å². The fourth-order valence-electron chi connectivity index (χ4n) is 1.33. The number of ether oxygens (including phenoxy) is 1. The molecule has 0 aliphatic carbocycles. The first-order chi connectivity index (χ1) is 7.00. The third kappa shape index (κ3) is 3.74. The third-order valence-corrected chi connectivity index (χ3v) is 3.64. The number of carbonyl (C=O) groups is 2. The van der Waals surface area contributed by atoms with E-state index >= 15 is 0 Å². The van der Waals surface area contributed by atoms with Gasteiger partial charge in [0.25, 0.3) is 0 Å². The molecule has 0 spiro atoms. The van der Waals surface area contributed by atoms with Crippen LogP contribution in [0.1, 0.15) is 26.7 Å². The highest BCUT2D eigenvalue weighted by molar-refractivity contribution is 8.02. The second kappa shape index (κ2) is 5.39. The number of thioether (sulfide) groups is 1. The molecular formula is C10H16O4S. The maximum absolute atomic E-state index is 11.5. The minimum Gasteiger partial charge on any atom is -0.480 e. The summed E-state index contributed by atoms with van der Waals surface area (Å²) in [6.07, 6.45) is 1.17. The summed E-state index contributed by atoms with van der Waals surface area (Å²) in [6.45, 7) is 4.35. The zero-order valence-corrected chi connectivity index (χ0v) is 9.75. The van der Waals surface area contributed by atoms with Gasteiger partial charge in [0.2, 0.25) is 0 Å². The van der Waals surface area contributed by atoms with E-state index in [4.69, 9.17) is 9.84 Å². The van der Waals surface area contributed by atoms with Gasteiger partial charge < -0.3 is 9.84 Å². The summed E-state index contributed by atoms with van der Waals surface area (Å²) in [4.78, 5) is 22.1. The van der Waals surface area contributed by atoms with Crippen LogP contribution in [0.2, 0.25) is 0 Å². The van der Waals surface area contributed by atoms with Crippen LogP contribution < -0.4 is 0 Å². The van der Waals surface area contributed by atoms with Crippen molar-refractivity contribution in [2.45, 2.75) is 37.2 Å². The van der Waals surface area contributed by atoms with Crippen molar-refractivity contribution >= 4 is 23.7 Å². The van der Waals surface area contributed by atoms with E-state index in [1.807, 2.05) is 13.8 Å². The van der Waals surface area contributed by atoms with Crippen molar-refractivity contribution in [3.05, 3.63) is 0 Å². The second-order valence-electron chi connectivity index (χ2n) is 4.05. The van der Waals surface area contributed by atoms with Crippen LogP contribution in [-0.4, -0.2) is 34.2 Å². The lowest BCUT2D eigenvalue weighted by Crippen LogP contribution is -2.20. The second-order valence-corrected chi connectivity index (χ2v) is 5.46. The van der Waals surface area contributed by atoms with E-state index in [1.54, 1.807) is 0 Å². The Labute approximate surface area is 93.4 Å². The molecule has 15 heavy (non-hydrogen) atoms. The number of esters is 1. The van der Waals surface area contributed by atoms with E-state index in [2.05, 4.69) is 0 Å². The Hall–Kier alpha value is -0.710. The predicted molar refractivity (Wildman–Crippen MR) is 57.8 cm³/mol. The monoisotopic (exact) mass is 232 g/mol. The normalized spacial score (nSPS) is 25.5. The number of hydrogen-bond donors (Lipinski definition) is 1. The van der Waals surface area contributed by atoms with Crippen LogP contribution in [0.25, 0.3) is 0 Å². The van der Waals surface area contributed by atoms with Gasteiger partial charge in [-0.25, -0.2) is 0 Å². The molecule has 1 heterocycles. The smallest absolute Gasteiger partial charge is 0.319 e. The molecule has 5 heteroatoms. The molecule has 1 aliphatic rings. The molecule has 1 saturated heterocycles. The van der Waals surface area contributed by atoms with Gasteiger partial charge in [0.05, 0.1) is 6.61 Å². The van der Waals surface area contributed by atoms with Crippen LogP contribution in [0.3, 0.4) is 0 Å². The van der Waals surface area contributed by atoms with Crippen LogP contribution in [0.5, 0.6) is 0 Å². The topological polar surface area (TPSA) is 63.6 Å². The largest absolute Gasteiger partial charge is 0.480 e. The van der Waals surface area contributed by atoms with Crippen molar-refractivity contribution in [3.8, 4) is 0 Å². The maximum atomic E-state index is 11.5. The number of aliphatic carboxylic acids is 1. The molecule has 1 N–H and O–H groups in total. The lowest BCUT2D eigenvalue weighted by Gasteiger charge is -2.11. The molecule has 0 saturated carbocycles. The maximum Gasteiger partial charge on any atom is 0.319 e. The van der Waals surface area contributed by atoms with Gasteiger partial charge in [0, 0.05) is 0 Å². The van der Waals surface area contributed by atoms with Crippen molar-refractivity contribution in [1.82, 2.24) is 0 Å². The molecule has 0 aromatic rings. The Morgan fingerprint density at radius 2 is 2.00 bits per heavy atom. The number of carboxylic acid groups (broad SMARTS) is 1. The average Bonchev–Trinajstić information content (AvgIpc) is 2.62. The van der Waals surface area contributed by atoms with Gasteiger partial charge in [-0.05, 0) is 18.8 Å². The van der Waals surface area contributed by atoms with Crippen LogP contribution in [0, 0.1) is 5.92 Å². The summed E-state index contributed by atoms with van der Waals surface area (Å²) >= 11 is 1.20. The number of carboxylic acids is 1. The Balaban J connectivity index is 2.33. The highest BCUT2D eigenvalue weighted by Gasteiger charge is 2.35. The summed E-state index contributed by atoms with van der Waals surface area (Å²) in [6, 6.07) is 0. The Morgan fingerprint density at radius 3 is 2.47 bits per heavy atom. The van der Waals surface area contributed by atoms with E-state index in [0.717, 1.165) is 0 Å². The van der Waals surface area contributed by atoms with Gasteiger partial charge >= 0.3 is 11.9 Å². The molecular weight excluding hydrogens is 216 g/mol. The average molecular weight is 232 g/mol. The van der Waals surface area contributed by atoms with Crippen molar-refractivity contribution in [2.75, 3.05) is 6.61 Å². The molecule has 2 unspecified atom stereocenters. The Bertz CT molecular complexity index is 252. The molecule has 4 nitrogen and oxygen atoms in total. The molecule has 86 valence electrons. The molecule has 0 aromatic carbocycles. The van der Waals surface area contributed by atoms with Crippen LogP contribution in [0.4, 0.5) is 0 Å². The quantitative estimate of drug-likeness (QED) is 0.745. The molecule has 0 aromatic heterocycles. The van der Waals surface area contributed by atoms with Gasteiger partial charge in [0.1, 0.15) is 10.5 Å². The van der Waals surface area contributed by atoms with E-state index < -0.39 is 11.2 Å².